The molecule has 3 aromatic rings. The average molecular weight is 418 g/mol. The molecule has 4 rings (SSSR count). The Hall–Kier alpha value is -3.42. The van der Waals surface area contributed by atoms with Gasteiger partial charge in [-0.25, -0.2) is 4.79 Å². The Bertz CT molecular complexity index is 1100. The molecule has 1 amide bonds. The first-order valence-corrected chi connectivity index (χ1v) is 9.96. The topological polar surface area (TPSA) is 47.6 Å². The van der Waals surface area contributed by atoms with Crippen molar-refractivity contribution >= 4 is 17.7 Å². The molecular weight excluding hydrogens is 398 g/mol. The highest BCUT2D eigenvalue weighted by molar-refractivity contribution is 6.32. The number of fused-ring (bicyclic) bond motifs is 3. The Morgan fingerprint density at radius 2 is 1.70 bits per heavy atom. The van der Waals surface area contributed by atoms with Gasteiger partial charge in [0.15, 0.2) is 0 Å². The second kappa shape index (κ2) is 8.94. The molecule has 0 heterocycles. The number of carbonyl (C=O) groups excluding carboxylic acids is 1. The summed E-state index contributed by atoms with van der Waals surface area (Å²) in [5.41, 5.74) is 5.51. The summed E-state index contributed by atoms with van der Waals surface area (Å²) in [6.45, 7) is 0.460. The highest BCUT2D eigenvalue weighted by atomic mass is 35.5. The van der Waals surface area contributed by atoms with Gasteiger partial charge in [-0.05, 0) is 40.5 Å². The van der Waals surface area contributed by atoms with Crippen molar-refractivity contribution in [1.29, 1.82) is 0 Å². The molecule has 0 fully saturated rings. The summed E-state index contributed by atoms with van der Waals surface area (Å²) in [5.74, 6) is 6.48. The first kappa shape index (κ1) is 19.9. The van der Waals surface area contributed by atoms with E-state index in [-0.39, 0.29) is 19.1 Å². The number of halogens is 1. The molecule has 4 nitrogen and oxygen atoms in total. The third kappa shape index (κ3) is 4.12. The van der Waals surface area contributed by atoms with Crippen LogP contribution in [0.3, 0.4) is 0 Å². The standard InChI is InChI=1S/C25H20ClNO3/c1-29-24-13-12-17(15-23(24)26)7-6-14-27-25(28)30-16-22-20-10-4-2-8-18(20)19-9-3-5-11-21(19)22/h2-5,8-13,15,22H,14,16H2,1H3,(H,27,28). The molecule has 0 bridgehead atoms. The first-order valence-electron chi connectivity index (χ1n) is 9.58. The van der Waals surface area contributed by atoms with Crippen LogP contribution in [-0.2, 0) is 4.74 Å². The Morgan fingerprint density at radius 1 is 1.03 bits per heavy atom. The van der Waals surface area contributed by atoms with Crippen molar-refractivity contribution in [3.05, 3.63) is 88.4 Å². The molecule has 0 spiro atoms. The molecule has 1 aliphatic carbocycles. The minimum absolute atomic E-state index is 0.0377. The molecule has 3 aromatic carbocycles. The predicted octanol–water partition coefficient (Wildman–Crippen LogP) is 5.24. The molecule has 0 radical (unpaired) electrons. The summed E-state index contributed by atoms with van der Waals surface area (Å²) in [6.07, 6.45) is -0.487. The number of hydrogen-bond acceptors (Lipinski definition) is 3. The maximum absolute atomic E-state index is 12.1. The van der Waals surface area contributed by atoms with Gasteiger partial charge >= 0.3 is 6.09 Å². The Morgan fingerprint density at radius 3 is 2.33 bits per heavy atom. The second-order valence-electron chi connectivity index (χ2n) is 6.83. The summed E-state index contributed by atoms with van der Waals surface area (Å²) >= 11 is 6.09. The zero-order chi connectivity index (χ0) is 20.9. The minimum atomic E-state index is -0.487. The zero-order valence-corrected chi connectivity index (χ0v) is 17.2. The molecule has 0 unspecified atom stereocenters. The lowest BCUT2D eigenvalue weighted by atomic mass is 9.98. The minimum Gasteiger partial charge on any atom is -0.495 e. The van der Waals surface area contributed by atoms with Crippen molar-refractivity contribution in [3.63, 3.8) is 0 Å². The summed E-state index contributed by atoms with van der Waals surface area (Å²) in [7, 11) is 1.56. The van der Waals surface area contributed by atoms with E-state index < -0.39 is 6.09 Å². The van der Waals surface area contributed by atoms with Crippen molar-refractivity contribution in [1.82, 2.24) is 5.32 Å². The maximum Gasteiger partial charge on any atom is 0.407 e. The van der Waals surface area contributed by atoms with E-state index in [1.54, 1.807) is 19.2 Å². The third-order valence-electron chi connectivity index (χ3n) is 5.05. The Balaban J connectivity index is 1.33. The van der Waals surface area contributed by atoms with Crippen LogP contribution in [0.25, 0.3) is 11.1 Å². The van der Waals surface area contributed by atoms with Gasteiger partial charge in [-0.2, -0.15) is 0 Å². The van der Waals surface area contributed by atoms with Crippen molar-refractivity contribution < 1.29 is 14.3 Å². The van der Waals surface area contributed by atoms with Crippen molar-refractivity contribution in [2.45, 2.75) is 5.92 Å². The zero-order valence-electron chi connectivity index (χ0n) is 16.4. The van der Waals surface area contributed by atoms with Gasteiger partial charge in [0.25, 0.3) is 0 Å². The molecule has 0 saturated heterocycles. The number of ether oxygens (including phenoxy) is 2. The highest BCUT2D eigenvalue weighted by Gasteiger charge is 2.28. The quantitative estimate of drug-likeness (QED) is 0.590. The summed E-state index contributed by atoms with van der Waals surface area (Å²) in [4.78, 5) is 12.1. The number of amides is 1. The Kier molecular flexibility index (Phi) is 5.92. The van der Waals surface area contributed by atoms with Gasteiger partial charge < -0.3 is 14.8 Å². The van der Waals surface area contributed by atoms with Crippen LogP contribution in [0, 0.1) is 11.8 Å². The maximum atomic E-state index is 12.1. The van der Waals surface area contributed by atoms with E-state index in [9.17, 15) is 4.79 Å². The molecule has 0 aliphatic heterocycles. The van der Waals surface area contributed by atoms with E-state index in [1.807, 2.05) is 30.3 Å². The first-order chi connectivity index (χ1) is 14.7. The molecule has 150 valence electrons. The lowest BCUT2D eigenvalue weighted by molar-refractivity contribution is 0.144. The highest BCUT2D eigenvalue weighted by Crippen LogP contribution is 2.44. The summed E-state index contributed by atoms with van der Waals surface area (Å²) < 4.78 is 10.6. The van der Waals surface area contributed by atoms with Gasteiger partial charge in [0.2, 0.25) is 0 Å². The number of methoxy groups -OCH3 is 1. The lowest BCUT2D eigenvalue weighted by Crippen LogP contribution is -2.26. The monoisotopic (exact) mass is 417 g/mol. The van der Waals surface area contributed by atoms with Gasteiger partial charge in [0.05, 0.1) is 18.7 Å². The fraction of sp³-hybridized carbons (Fsp3) is 0.160. The molecule has 0 saturated carbocycles. The van der Waals surface area contributed by atoms with Crippen LogP contribution in [-0.4, -0.2) is 26.4 Å². The van der Waals surface area contributed by atoms with E-state index >= 15 is 0 Å². The SMILES string of the molecule is COc1ccc(C#CCNC(=O)OCC2c3ccccc3-c3ccccc32)cc1Cl. The number of rotatable bonds is 4. The molecular formula is C25H20ClNO3. The van der Waals surface area contributed by atoms with E-state index in [0.29, 0.717) is 10.8 Å². The summed E-state index contributed by atoms with van der Waals surface area (Å²) in [6, 6.07) is 21.8. The van der Waals surface area contributed by atoms with Gasteiger partial charge in [-0.3, -0.25) is 0 Å². The van der Waals surface area contributed by atoms with E-state index in [0.717, 1.165) is 5.56 Å². The van der Waals surface area contributed by atoms with Crippen LogP contribution in [0.15, 0.2) is 66.7 Å². The largest absolute Gasteiger partial charge is 0.495 e. The third-order valence-corrected chi connectivity index (χ3v) is 5.34. The van der Waals surface area contributed by atoms with E-state index in [4.69, 9.17) is 21.1 Å². The normalized spacial score (nSPS) is 11.7. The molecule has 30 heavy (non-hydrogen) atoms. The lowest BCUT2D eigenvalue weighted by Gasteiger charge is -2.14. The van der Waals surface area contributed by atoms with Gasteiger partial charge in [0.1, 0.15) is 12.4 Å². The fourth-order valence-electron chi connectivity index (χ4n) is 3.66. The van der Waals surface area contributed by atoms with Crippen LogP contribution in [0.2, 0.25) is 5.02 Å². The fourth-order valence-corrected chi connectivity index (χ4v) is 3.91. The average Bonchev–Trinajstić information content (AvgIpc) is 3.09. The molecule has 0 atom stereocenters. The van der Waals surface area contributed by atoms with Crippen LogP contribution < -0.4 is 10.1 Å². The van der Waals surface area contributed by atoms with Gasteiger partial charge in [-0.15, -0.1) is 0 Å². The van der Waals surface area contributed by atoms with Gasteiger partial charge in [-0.1, -0.05) is 72.0 Å². The predicted molar refractivity (Wildman–Crippen MR) is 118 cm³/mol. The van der Waals surface area contributed by atoms with Crippen LogP contribution in [0.1, 0.15) is 22.6 Å². The number of carbonyl (C=O) groups is 1. The molecule has 0 aromatic heterocycles. The second-order valence-corrected chi connectivity index (χ2v) is 7.24. The van der Waals surface area contributed by atoms with Crippen molar-refractivity contribution in [3.8, 4) is 28.7 Å². The summed E-state index contributed by atoms with van der Waals surface area (Å²) in [5, 5.41) is 3.16. The molecule has 1 aliphatic rings. The number of alkyl carbamates (subject to hydrolysis) is 1. The van der Waals surface area contributed by atoms with Crippen molar-refractivity contribution in [2.24, 2.45) is 0 Å². The number of nitrogens with one attached hydrogen (secondary N) is 1. The van der Waals surface area contributed by atoms with Gasteiger partial charge in [0, 0.05) is 11.5 Å². The van der Waals surface area contributed by atoms with E-state index in [2.05, 4.69) is 41.4 Å². The number of hydrogen-bond donors (Lipinski definition) is 1. The number of benzene rings is 3. The van der Waals surface area contributed by atoms with Crippen LogP contribution in [0.4, 0.5) is 4.79 Å². The van der Waals surface area contributed by atoms with Crippen molar-refractivity contribution in [2.75, 3.05) is 20.3 Å². The van der Waals surface area contributed by atoms with E-state index in [1.165, 1.54) is 22.3 Å². The van der Waals surface area contributed by atoms with Crippen LogP contribution >= 0.6 is 11.6 Å². The van der Waals surface area contributed by atoms with Crippen LogP contribution in [0.5, 0.6) is 5.75 Å². The Labute approximate surface area is 180 Å². The smallest absolute Gasteiger partial charge is 0.407 e. The molecule has 1 N–H and O–H groups in total. The molecule has 5 heteroatoms.